The summed E-state index contributed by atoms with van der Waals surface area (Å²) in [5.74, 6) is 1.26. The van der Waals surface area contributed by atoms with Crippen LogP contribution < -0.4 is 15.4 Å². The lowest BCUT2D eigenvalue weighted by Crippen LogP contribution is -2.26. The van der Waals surface area contributed by atoms with Gasteiger partial charge >= 0.3 is 0 Å². The Morgan fingerprint density at radius 1 is 1.48 bits per heavy atom. The smallest absolute Gasteiger partial charge is 0.274 e. The molecule has 0 aromatic heterocycles. The Morgan fingerprint density at radius 2 is 2.29 bits per heavy atom. The van der Waals surface area contributed by atoms with Crippen LogP contribution >= 0.6 is 0 Å². The molecule has 0 aliphatic carbocycles. The van der Waals surface area contributed by atoms with Crippen LogP contribution in [0.25, 0.3) is 0 Å². The molecule has 6 heteroatoms. The number of nitrogens with one attached hydrogen (secondary N) is 2. The first-order valence-electron chi connectivity index (χ1n) is 7.14. The van der Waals surface area contributed by atoms with Crippen molar-refractivity contribution in [3.8, 4) is 5.75 Å². The lowest BCUT2D eigenvalue weighted by Gasteiger charge is -2.10. The Hall–Kier alpha value is -2.24. The second-order valence-corrected chi connectivity index (χ2v) is 4.60. The van der Waals surface area contributed by atoms with Crippen molar-refractivity contribution >= 4 is 0 Å². The van der Waals surface area contributed by atoms with E-state index in [1.165, 1.54) is 5.56 Å². The number of hydrogen-bond donors (Lipinski definition) is 2. The normalized spacial score (nSPS) is 11.0. The van der Waals surface area contributed by atoms with E-state index in [4.69, 9.17) is 4.74 Å². The molecule has 0 aliphatic rings. The first-order valence-corrected chi connectivity index (χ1v) is 7.14. The average Bonchev–Trinajstić information content (AvgIpc) is 2.46. The Bertz CT molecular complexity index is 475. The van der Waals surface area contributed by atoms with Crippen LogP contribution in [0.15, 0.2) is 36.3 Å². The zero-order chi connectivity index (χ0) is 15.5. The Labute approximate surface area is 125 Å². The number of ether oxygens (including phenoxy) is 1. The van der Waals surface area contributed by atoms with Gasteiger partial charge in [0.05, 0.1) is 11.5 Å². The molecule has 0 spiro atoms. The van der Waals surface area contributed by atoms with E-state index < -0.39 is 4.92 Å². The van der Waals surface area contributed by atoms with Crippen LogP contribution in [0.2, 0.25) is 0 Å². The molecule has 0 bridgehead atoms. The monoisotopic (exact) mass is 293 g/mol. The van der Waals surface area contributed by atoms with Crippen LogP contribution in [0, 0.1) is 10.1 Å². The molecule has 1 aromatic carbocycles. The van der Waals surface area contributed by atoms with Crippen LogP contribution in [0.4, 0.5) is 0 Å². The van der Waals surface area contributed by atoms with Crippen LogP contribution in [-0.4, -0.2) is 25.1 Å². The van der Waals surface area contributed by atoms with Crippen LogP contribution in [0.3, 0.4) is 0 Å². The summed E-state index contributed by atoms with van der Waals surface area (Å²) in [6.45, 7) is 3.32. The van der Waals surface area contributed by atoms with E-state index in [2.05, 4.69) is 29.7 Å². The number of nitrogens with zero attached hydrogens (tertiary/aromatic N) is 1. The van der Waals surface area contributed by atoms with E-state index in [-0.39, 0.29) is 0 Å². The summed E-state index contributed by atoms with van der Waals surface area (Å²) in [7, 11) is 1.64. The summed E-state index contributed by atoms with van der Waals surface area (Å²) < 4.78 is 5.68. The fraction of sp³-hybridized carbons (Fsp3) is 0.467. The van der Waals surface area contributed by atoms with Crippen LogP contribution in [0.5, 0.6) is 5.75 Å². The predicted octanol–water partition coefficient (Wildman–Crippen LogP) is 2.29. The van der Waals surface area contributed by atoms with Gasteiger partial charge in [0.1, 0.15) is 5.75 Å². The van der Waals surface area contributed by atoms with E-state index in [1.807, 2.05) is 12.1 Å². The van der Waals surface area contributed by atoms with Gasteiger partial charge in [0.15, 0.2) is 5.82 Å². The minimum atomic E-state index is -0.492. The molecule has 0 aliphatic heterocycles. The van der Waals surface area contributed by atoms with Gasteiger partial charge in [0, 0.05) is 13.6 Å². The van der Waals surface area contributed by atoms with Crippen molar-refractivity contribution in [2.45, 2.75) is 26.2 Å². The van der Waals surface area contributed by atoms with Crippen molar-refractivity contribution < 1.29 is 9.66 Å². The molecule has 6 nitrogen and oxygen atoms in total. The largest absolute Gasteiger partial charge is 0.494 e. The summed E-state index contributed by atoms with van der Waals surface area (Å²) in [5.41, 5.74) is 1.28. The van der Waals surface area contributed by atoms with E-state index >= 15 is 0 Å². The maximum atomic E-state index is 10.4. The van der Waals surface area contributed by atoms with E-state index in [0.717, 1.165) is 31.2 Å². The Morgan fingerprint density at radius 3 is 2.95 bits per heavy atom. The zero-order valence-corrected chi connectivity index (χ0v) is 12.6. The van der Waals surface area contributed by atoms with Crippen LogP contribution in [0.1, 0.15) is 25.3 Å². The molecule has 0 amide bonds. The number of aryl methyl sites for hydroxylation is 1. The minimum absolute atomic E-state index is 0.393. The molecule has 0 radical (unpaired) electrons. The maximum absolute atomic E-state index is 10.4. The lowest BCUT2D eigenvalue weighted by molar-refractivity contribution is -0.404. The van der Waals surface area contributed by atoms with Crippen LogP contribution in [-0.2, 0) is 6.42 Å². The highest BCUT2D eigenvalue weighted by molar-refractivity contribution is 5.28. The minimum Gasteiger partial charge on any atom is -0.494 e. The van der Waals surface area contributed by atoms with Gasteiger partial charge in [-0.2, -0.15) is 0 Å². The van der Waals surface area contributed by atoms with Gasteiger partial charge in [-0.05, 0) is 30.5 Å². The molecular formula is C15H23N3O3. The predicted molar refractivity (Wildman–Crippen MR) is 82.7 cm³/mol. The van der Waals surface area contributed by atoms with Crippen molar-refractivity contribution in [1.82, 2.24) is 10.6 Å². The molecule has 116 valence electrons. The van der Waals surface area contributed by atoms with Crippen molar-refractivity contribution in [2.24, 2.45) is 0 Å². The quantitative estimate of drug-likeness (QED) is 0.393. The first-order chi connectivity index (χ1) is 10.2. The van der Waals surface area contributed by atoms with Crippen molar-refractivity contribution in [2.75, 3.05) is 20.2 Å². The van der Waals surface area contributed by atoms with Crippen molar-refractivity contribution in [1.29, 1.82) is 0 Å². The number of benzene rings is 1. The standard InChI is InChI=1S/C15H23N3O3/c1-3-6-13-7-4-8-14(11-13)21-10-5-9-17-15(16-2)12-18(19)20/h4,7-8,11-12,16-17H,3,5-6,9-10H2,1-2H3. The molecule has 1 rings (SSSR count). The summed E-state index contributed by atoms with van der Waals surface area (Å²) in [6, 6.07) is 8.10. The van der Waals surface area contributed by atoms with Crippen molar-refractivity contribution in [3.63, 3.8) is 0 Å². The Kier molecular flexibility index (Phi) is 7.71. The first kappa shape index (κ1) is 16.8. The summed E-state index contributed by atoms with van der Waals surface area (Å²) >= 11 is 0. The van der Waals surface area contributed by atoms with Gasteiger partial charge in [0.25, 0.3) is 6.20 Å². The molecule has 0 fully saturated rings. The maximum Gasteiger partial charge on any atom is 0.274 e. The van der Waals surface area contributed by atoms with Gasteiger partial charge < -0.3 is 15.4 Å². The third-order valence-electron chi connectivity index (χ3n) is 2.85. The molecule has 0 heterocycles. The summed E-state index contributed by atoms with van der Waals surface area (Å²) in [5, 5.41) is 16.0. The molecular weight excluding hydrogens is 270 g/mol. The third-order valence-corrected chi connectivity index (χ3v) is 2.85. The van der Waals surface area contributed by atoms with Gasteiger partial charge in [0.2, 0.25) is 0 Å². The van der Waals surface area contributed by atoms with E-state index in [0.29, 0.717) is 19.0 Å². The second-order valence-electron chi connectivity index (χ2n) is 4.60. The van der Waals surface area contributed by atoms with Gasteiger partial charge in [-0.1, -0.05) is 25.5 Å². The summed E-state index contributed by atoms with van der Waals surface area (Å²) in [4.78, 5) is 9.86. The van der Waals surface area contributed by atoms with E-state index in [9.17, 15) is 10.1 Å². The lowest BCUT2D eigenvalue weighted by atomic mass is 10.1. The molecule has 21 heavy (non-hydrogen) atoms. The molecule has 0 saturated carbocycles. The van der Waals surface area contributed by atoms with E-state index in [1.54, 1.807) is 7.05 Å². The highest BCUT2D eigenvalue weighted by Crippen LogP contribution is 2.14. The average molecular weight is 293 g/mol. The van der Waals surface area contributed by atoms with Crippen molar-refractivity contribution in [3.05, 3.63) is 52.0 Å². The fourth-order valence-electron chi connectivity index (χ4n) is 1.87. The highest BCUT2D eigenvalue weighted by Gasteiger charge is 2.00. The number of hydrogen-bond acceptors (Lipinski definition) is 5. The fourth-order valence-corrected chi connectivity index (χ4v) is 1.87. The number of rotatable bonds is 10. The van der Waals surface area contributed by atoms with Gasteiger partial charge in [-0.3, -0.25) is 10.1 Å². The summed E-state index contributed by atoms with van der Waals surface area (Å²) in [6.07, 6.45) is 3.84. The topological polar surface area (TPSA) is 76.4 Å². The second kappa shape index (κ2) is 9.63. The molecule has 0 saturated heterocycles. The third kappa shape index (κ3) is 7.20. The molecule has 0 atom stereocenters. The molecule has 2 N–H and O–H groups in total. The molecule has 1 aromatic rings. The zero-order valence-electron chi connectivity index (χ0n) is 12.6. The Balaban J connectivity index is 2.28. The van der Waals surface area contributed by atoms with Gasteiger partial charge in [-0.25, -0.2) is 0 Å². The highest BCUT2D eigenvalue weighted by atomic mass is 16.6. The number of nitro groups is 1. The molecule has 0 unspecified atom stereocenters. The SMILES string of the molecule is CCCc1cccc(OCCCNC(=C[N+](=O)[O-])NC)c1. The van der Waals surface area contributed by atoms with Gasteiger partial charge in [-0.15, -0.1) is 0 Å².